The fourth-order valence-corrected chi connectivity index (χ4v) is 2.86. The highest BCUT2D eigenvalue weighted by atomic mass is 32.2. The topological polar surface area (TPSA) is 143 Å². The van der Waals surface area contributed by atoms with E-state index in [0.29, 0.717) is 0 Å². The third-order valence-corrected chi connectivity index (χ3v) is 4.11. The molecule has 0 bridgehead atoms. The molecule has 3 N–H and O–H groups in total. The maximum absolute atomic E-state index is 11.8. The lowest BCUT2D eigenvalue weighted by molar-refractivity contribution is -0.114. The number of aromatic amines is 1. The number of hydrogen-bond donors (Lipinski definition) is 3. The first-order valence-corrected chi connectivity index (χ1v) is 6.76. The second kappa shape index (κ2) is 4.66. The van der Waals surface area contributed by atoms with E-state index in [1.807, 2.05) is 0 Å². The average Bonchev–Trinajstić information content (AvgIpc) is 2.87. The molecular weight excluding hydrogens is 282 g/mol. The monoisotopic (exact) mass is 289 g/mol. The van der Waals surface area contributed by atoms with Gasteiger partial charge in [0.15, 0.2) is 0 Å². The number of nitrogens with zero attached hydrogens (tertiary/aromatic N) is 4. The lowest BCUT2D eigenvalue weighted by Crippen LogP contribution is -2.13. The molecule has 0 aliphatic heterocycles. The predicted octanol–water partition coefficient (Wildman–Crippen LogP) is -0.585. The molecule has 0 saturated heterocycles. The van der Waals surface area contributed by atoms with Crippen molar-refractivity contribution in [3.63, 3.8) is 0 Å². The molecule has 18 heavy (non-hydrogen) atoms. The smallest absolute Gasteiger partial charge is 0.293 e. The summed E-state index contributed by atoms with van der Waals surface area (Å²) in [6, 6.07) is 0. The molecule has 2 aromatic heterocycles. The summed E-state index contributed by atoms with van der Waals surface area (Å²) in [5.74, 6) is -0.399. The predicted molar refractivity (Wildman–Crippen MR) is 61.4 cm³/mol. The first-order valence-electron chi connectivity index (χ1n) is 4.46. The van der Waals surface area contributed by atoms with Crippen LogP contribution in [-0.4, -0.2) is 39.7 Å². The van der Waals surface area contributed by atoms with Crippen molar-refractivity contribution in [2.75, 3.05) is 10.0 Å². The number of sulfonamides is 1. The number of H-pyrrole nitrogens is 1. The van der Waals surface area contributed by atoms with Crippen molar-refractivity contribution in [2.24, 2.45) is 0 Å². The largest absolute Gasteiger partial charge is 0.301 e. The highest BCUT2D eigenvalue weighted by Gasteiger charge is 2.21. The van der Waals surface area contributed by atoms with E-state index in [1.165, 1.54) is 6.92 Å². The number of anilines is 2. The van der Waals surface area contributed by atoms with Gasteiger partial charge in [-0.3, -0.25) is 4.79 Å². The van der Waals surface area contributed by atoms with Crippen LogP contribution in [0.1, 0.15) is 6.92 Å². The van der Waals surface area contributed by atoms with E-state index in [9.17, 15) is 13.2 Å². The third kappa shape index (κ3) is 2.78. The maximum Gasteiger partial charge on any atom is 0.293 e. The molecule has 0 fully saturated rings. The van der Waals surface area contributed by atoms with Crippen molar-refractivity contribution in [3.05, 3.63) is 6.33 Å². The second-order valence-corrected chi connectivity index (χ2v) is 5.83. The van der Waals surface area contributed by atoms with Gasteiger partial charge in [0.25, 0.3) is 14.4 Å². The fraction of sp³-hybridized carbons (Fsp3) is 0.167. The minimum Gasteiger partial charge on any atom is -0.301 e. The van der Waals surface area contributed by atoms with E-state index < -0.39 is 10.0 Å². The lowest BCUT2D eigenvalue weighted by atomic mass is 10.7. The zero-order chi connectivity index (χ0) is 13.2. The first kappa shape index (κ1) is 12.4. The average molecular weight is 289 g/mol. The zero-order valence-electron chi connectivity index (χ0n) is 8.91. The van der Waals surface area contributed by atoms with E-state index in [4.69, 9.17) is 0 Å². The molecule has 2 heterocycles. The van der Waals surface area contributed by atoms with Crippen molar-refractivity contribution < 1.29 is 13.2 Å². The summed E-state index contributed by atoms with van der Waals surface area (Å²) >= 11 is 0.723. The molecule has 0 unspecified atom stereocenters. The normalized spacial score (nSPS) is 11.2. The van der Waals surface area contributed by atoms with Gasteiger partial charge in [-0.25, -0.2) is 9.82 Å². The summed E-state index contributed by atoms with van der Waals surface area (Å²) in [4.78, 5) is 14.4. The highest BCUT2D eigenvalue weighted by Crippen LogP contribution is 2.21. The Balaban J connectivity index is 2.19. The van der Waals surface area contributed by atoms with Gasteiger partial charge in [0.1, 0.15) is 6.33 Å². The number of nitrogens with one attached hydrogen (secondary N) is 3. The highest BCUT2D eigenvalue weighted by molar-refractivity contribution is 7.94. The number of rotatable bonds is 4. The Labute approximate surface area is 105 Å². The fourth-order valence-electron chi connectivity index (χ4n) is 0.945. The number of hydrogen-bond acceptors (Lipinski definition) is 8. The van der Waals surface area contributed by atoms with Crippen LogP contribution in [0.2, 0.25) is 0 Å². The zero-order valence-corrected chi connectivity index (χ0v) is 10.5. The summed E-state index contributed by atoms with van der Waals surface area (Å²) in [6.07, 6.45) is 1.15. The van der Waals surface area contributed by atoms with Gasteiger partial charge >= 0.3 is 0 Å². The van der Waals surface area contributed by atoms with Crippen molar-refractivity contribution in [1.82, 2.24) is 25.4 Å². The summed E-state index contributed by atoms with van der Waals surface area (Å²) < 4.78 is 25.4. The van der Waals surface area contributed by atoms with Crippen LogP contribution in [-0.2, 0) is 14.8 Å². The van der Waals surface area contributed by atoms with Crippen LogP contribution in [0.4, 0.5) is 11.1 Å². The van der Waals surface area contributed by atoms with Gasteiger partial charge in [-0.15, -0.1) is 10.2 Å². The van der Waals surface area contributed by atoms with Crippen LogP contribution in [0.3, 0.4) is 0 Å². The Kier molecular flexibility index (Phi) is 3.20. The van der Waals surface area contributed by atoms with Crippen molar-refractivity contribution in [3.8, 4) is 0 Å². The summed E-state index contributed by atoms with van der Waals surface area (Å²) in [5.41, 5.74) is 0. The van der Waals surface area contributed by atoms with E-state index in [-0.39, 0.29) is 21.3 Å². The van der Waals surface area contributed by atoms with E-state index in [1.54, 1.807) is 0 Å². The van der Waals surface area contributed by atoms with Gasteiger partial charge in [0, 0.05) is 6.92 Å². The van der Waals surface area contributed by atoms with E-state index >= 15 is 0 Å². The number of aromatic nitrogens is 5. The summed E-state index contributed by atoms with van der Waals surface area (Å²) in [6.45, 7) is 1.28. The summed E-state index contributed by atoms with van der Waals surface area (Å²) in [5, 5.41) is 15.2. The summed E-state index contributed by atoms with van der Waals surface area (Å²) in [7, 11) is -3.89. The number of carbonyl (C=O) groups excluding carboxylic acids is 1. The molecule has 0 saturated carbocycles. The minimum absolute atomic E-state index is 0.0359. The van der Waals surface area contributed by atoms with Crippen LogP contribution in [0.5, 0.6) is 0 Å². The first-order chi connectivity index (χ1) is 8.47. The van der Waals surface area contributed by atoms with Gasteiger partial charge in [0.05, 0.1) is 0 Å². The van der Waals surface area contributed by atoms with Gasteiger partial charge < -0.3 is 5.32 Å². The molecular formula is C6H7N7O3S2. The van der Waals surface area contributed by atoms with Crippen LogP contribution in [0.15, 0.2) is 10.7 Å². The molecule has 0 radical (unpaired) electrons. The Morgan fingerprint density at radius 1 is 1.44 bits per heavy atom. The molecule has 0 aromatic carbocycles. The second-order valence-electron chi connectivity index (χ2n) is 2.99. The molecule has 0 aliphatic carbocycles. The minimum atomic E-state index is -3.89. The number of carbonyl (C=O) groups is 1. The number of amides is 1. The van der Waals surface area contributed by atoms with Crippen molar-refractivity contribution >= 4 is 38.3 Å². The molecule has 0 atom stereocenters. The Hall–Kier alpha value is -2.08. The van der Waals surface area contributed by atoms with Gasteiger partial charge in [-0.2, -0.15) is 18.5 Å². The molecule has 12 heteroatoms. The quantitative estimate of drug-likeness (QED) is 0.638. The van der Waals surface area contributed by atoms with Crippen LogP contribution in [0, 0.1) is 0 Å². The standard InChI is InChI=1S/C6H7N7O3S2/c1-3(14)9-5-11-12-6(17-5)18(15,16)13-4-7-2-8-10-4/h2H,1H3,(H,9,11,14)(H2,7,8,10,13). The lowest BCUT2D eigenvalue weighted by Gasteiger charge is -1.99. The third-order valence-electron chi connectivity index (χ3n) is 1.57. The molecule has 96 valence electrons. The maximum atomic E-state index is 11.8. The van der Waals surface area contributed by atoms with E-state index in [2.05, 4.69) is 35.4 Å². The van der Waals surface area contributed by atoms with Gasteiger partial charge in [-0.05, 0) is 0 Å². The Bertz CT molecular complexity index is 647. The van der Waals surface area contributed by atoms with Crippen LogP contribution < -0.4 is 10.0 Å². The van der Waals surface area contributed by atoms with E-state index in [0.717, 1.165) is 17.7 Å². The molecule has 0 spiro atoms. The molecule has 2 aromatic rings. The molecule has 1 amide bonds. The Morgan fingerprint density at radius 3 is 2.83 bits per heavy atom. The molecule has 2 rings (SSSR count). The molecule has 10 nitrogen and oxygen atoms in total. The van der Waals surface area contributed by atoms with Crippen LogP contribution in [0.25, 0.3) is 0 Å². The van der Waals surface area contributed by atoms with Crippen LogP contribution >= 0.6 is 11.3 Å². The molecule has 0 aliphatic rings. The van der Waals surface area contributed by atoms with Crippen molar-refractivity contribution in [1.29, 1.82) is 0 Å². The Morgan fingerprint density at radius 2 is 2.22 bits per heavy atom. The van der Waals surface area contributed by atoms with Crippen molar-refractivity contribution in [2.45, 2.75) is 11.3 Å². The SMILES string of the molecule is CC(=O)Nc1nnc(S(=O)(=O)Nc2ncn[nH]2)s1. The van der Waals surface area contributed by atoms with Gasteiger partial charge in [0.2, 0.25) is 17.0 Å². The van der Waals surface area contributed by atoms with Gasteiger partial charge in [-0.1, -0.05) is 11.3 Å².